The summed E-state index contributed by atoms with van der Waals surface area (Å²) in [5.41, 5.74) is 4.35. The summed E-state index contributed by atoms with van der Waals surface area (Å²) in [5.74, 6) is 1.21. The molecular weight excluding hydrogens is 644 g/mol. The fraction of sp³-hybridized carbons (Fsp3) is 0.512. The molecule has 1 atom stereocenters. The molecule has 0 spiro atoms. The molecule has 3 aromatic rings. The van der Waals surface area contributed by atoms with Gasteiger partial charge >= 0.3 is 0 Å². The molecule has 274 valence electrons. The Morgan fingerprint density at radius 1 is 1.00 bits per heavy atom. The van der Waals surface area contributed by atoms with Crippen molar-refractivity contribution < 1.29 is 29.3 Å². The van der Waals surface area contributed by atoms with Crippen LogP contribution in [-0.2, 0) is 32.6 Å². The van der Waals surface area contributed by atoms with Gasteiger partial charge in [0.05, 0.1) is 19.6 Å². The number of phenolic OH excluding ortho intramolecular Hbond substituents is 2. The molecule has 1 aliphatic carbocycles. The maximum atomic E-state index is 13.6. The molecule has 2 fully saturated rings. The van der Waals surface area contributed by atoms with Gasteiger partial charge in [0.1, 0.15) is 17.2 Å². The first kappa shape index (κ1) is 36.7. The third-order valence-electron chi connectivity index (χ3n) is 11.2. The van der Waals surface area contributed by atoms with E-state index in [0.717, 1.165) is 55.5 Å². The van der Waals surface area contributed by atoms with E-state index in [2.05, 4.69) is 53.2 Å². The number of carbonyl (C=O) groups excluding carboxylic acids is 2. The van der Waals surface area contributed by atoms with Crippen LogP contribution in [0, 0.1) is 5.92 Å². The molecule has 3 aromatic carbocycles. The molecule has 6 rings (SSSR count). The number of hydrogen-bond acceptors (Lipinski definition) is 8. The van der Waals surface area contributed by atoms with Crippen LogP contribution in [0.25, 0.3) is 0 Å². The number of amides is 2. The molecule has 51 heavy (non-hydrogen) atoms. The molecular formula is C41H54N4O6. The van der Waals surface area contributed by atoms with Crippen molar-refractivity contribution in [2.24, 2.45) is 5.92 Å². The summed E-state index contributed by atoms with van der Waals surface area (Å²) in [6, 6.07) is 20.1. The molecule has 2 amide bonds. The van der Waals surface area contributed by atoms with Gasteiger partial charge in [0.25, 0.3) is 5.91 Å². The largest absolute Gasteiger partial charge is 0.508 e. The molecule has 0 bridgehead atoms. The van der Waals surface area contributed by atoms with E-state index in [4.69, 9.17) is 9.47 Å². The smallest absolute Gasteiger partial charge is 0.262 e. The van der Waals surface area contributed by atoms with Gasteiger partial charge < -0.3 is 40.5 Å². The van der Waals surface area contributed by atoms with E-state index in [-0.39, 0.29) is 35.6 Å². The quantitative estimate of drug-likeness (QED) is 0.101. The lowest BCUT2D eigenvalue weighted by molar-refractivity contribution is -0.135. The average molecular weight is 699 g/mol. The topological polar surface area (TPSA) is 132 Å². The van der Waals surface area contributed by atoms with Gasteiger partial charge in [-0.2, -0.15) is 0 Å². The minimum absolute atomic E-state index is 0.00680. The van der Waals surface area contributed by atoms with Crippen LogP contribution in [0.4, 0.5) is 5.69 Å². The normalized spacial score (nSPS) is 17.7. The van der Waals surface area contributed by atoms with Crippen molar-refractivity contribution >= 4 is 17.5 Å². The third-order valence-corrected chi connectivity index (χ3v) is 11.2. The Bertz CT molecular complexity index is 1620. The van der Waals surface area contributed by atoms with Crippen molar-refractivity contribution in [3.05, 3.63) is 82.9 Å². The summed E-state index contributed by atoms with van der Waals surface area (Å²) < 4.78 is 11.7. The Morgan fingerprint density at radius 2 is 1.76 bits per heavy atom. The van der Waals surface area contributed by atoms with Crippen molar-refractivity contribution in [3.8, 4) is 17.2 Å². The van der Waals surface area contributed by atoms with E-state index < -0.39 is 0 Å². The lowest BCUT2D eigenvalue weighted by atomic mass is 9.67. The number of benzene rings is 3. The van der Waals surface area contributed by atoms with E-state index in [1.807, 2.05) is 29.2 Å². The first-order chi connectivity index (χ1) is 24.9. The molecule has 10 heteroatoms. The number of nitrogens with zero attached hydrogens (tertiary/aromatic N) is 1. The van der Waals surface area contributed by atoms with Gasteiger partial charge in [0, 0.05) is 30.1 Å². The number of piperidine rings is 1. The molecule has 1 saturated heterocycles. The molecule has 2 heterocycles. The van der Waals surface area contributed by atoms with Gasteiger partial charge in [0.15, 0.2) is 12.4 Å². The standard InChI is InChI=1S/C41H54N4O6/c1-29(31-7-5-6-8-31)45(24-23-42-20-15-32-12-14-36(47)39-40(32)51-28-37(48)44-39)38(49)17-26-50-25-16-30-11-13-35(46)34(27-30)41(18-21-43-22-19-41)33-9-3-2-4-10-33/h2-4,9-14,27,29,31,42-43,46-47H,5-8,15-26,28H2,1H3,(H,44,48). The van der Waals surface area contributed by atoms with Gasteiger partial charge in [-0.15, -0.1) is 0 Å². The fourth-order valence-electron chi connectivity index (χ4n) is 8.25. The van der Waals surface area contributed by atoms with Crippen LogP contribution < -0.4 is 20.7 Å². The molecule has 0 aromatic heterocycles. The summed E-state index contributed by atoms with van der Waals surface area (Å²) in [4.78, 5) is 27.4. The number of nitrogens with one attached hydrogen (secondary N) is 3. The van der Waals surface area contributed by atoms with Crippen molar-refractivity contribution in [2.75, 3.05) is 57.9 Å². The Balaban J connectivity index is 0.994. The zero-order valence-electron chi connectivity index (χ0n) is 29.9. The number of anilines is 1. The van der Waals surface area contributed by atoms with Crippen LogP contribution in [-0.4, -0.2) is 85.5 Å². The Kier molecular flexibility index (Phi) is 12.5. The van der Waals surface area contributed by atoms with E-state index in [1.54, 1.807) is 6.07 Å². The van der Waals surface area contributed by atoms with Crippen LogP contribution in [0.5, 0.6) is 17.2 Å². The first-order valence-electron chi connectivity index (χ1n) is 18.8. The lowest BCUT2D eigenvalue weighted by Gasteiger charge is -2.39. The van der Waals surface area contributed by atoms with Crippen molar-refractivity contribution in [2.45, 2.75) is 76.2 Å². The molecule has 1 saturated carbocycles. The highest BCUT2D eigenvalue weighted by molar-refractivity contribution is 5.97. The molecule has 2 aliphatic heterocycles. The van der Waals surface area contributed by atoms with Crippen molar-refractivity contribution in [1.29, 1.82) is 0 Å². The van der Waals surface area contributed by atoms with Crippen LogP contribution >= 0.6 is 0 Å². The van der Waals surface area contributed by atoms with Gasteiger partial charge in [0.2, 0.25) is 5.91 Å². The Hall–Kier alpha value is -4.12. The van der Waals surface area contributed by atoms with Gasteiger partial charge in [-0.05, 0) is 99.8 Å². The number of fused-ring (bicyclic) bond motifs is 1. The first-order valence-corrected chi connectivity index (χ1v) is 18.8. The summed E-state index contributed by atoms with van der Waals surface area (Å²) in [5, 5.41) is 30.8. The number of ether oxygens (including phenoxy) is 2. The van der Waals surface area contributed by atoms with Gasteiger partial charge in [-0.3, -0.25) is 9.59 Å². The minimum Gasteiger partial charge on any atom is -0.508 e. The Morgan fingerprint density at radius 3 is 2.55 bits per heavy atom. The highest BCUT2D eigenvalue weighted by Gasteiger charge is 2.38. The molecule has 5 N–H and O–H groups in total. The number of carbonyl (C=O) groups is 2. The van der Waals surface area contributed by atoms with Crippen molar-refractivity contribution in [3.63, 3.8) is 0 Å². The molecule has 0 radical (unpaired) electrons. The SMILES string of the molecule is CC(C1CCCC1)N(CCNCCc1ccc(O)c2c1OCC(=O)N2)C(=O)CCOCCc1ccc(O)c(C2(c3ccccc3)CCNCC2)c1. The maximum Gasteiger partial charge on any atom is 0.262 e. The highest BCUT2D eigenvalue weighted by Crippen LogP contribution is 2.44. The average Bonchev–Trinajstić information content (AvgIpc) is 3.70. The lowest BCUT2D eigenvalue weighted by Crippen LogP contribution is -2.46. The maximum absolute atomic E-state index is 13.6. The zero-order valence-corrected chi connectivity index (χ0v) is 29.9. The van der Waals surface area contributed by atoms with Crippen LogP contribution in [0.1, 0.15) is 74.1 Å². The van der Waals surface area contributed by atoms with E-state index >= 15 is 0 Å². The summed E-state index contributed by atoms with van der Waals surface area (Å²) in [7, 11) is 0. The van der Waals surface area contributed by atoms with Gasteiger partial charge in [-0.1, -0.05) is 61.4 Å². The van der Waals surface area contributed by atoms with Crippen LogP contribution in [0.2, 0.25) is 0 Å². The second-order valence-electron chi connectivity index (χ2n) is 14.3. The predicted octanol–water partition coefficient (Wildman–Crippen LogP) is 5.29. The second-order valence-corrected chi connectivity index (χ2v) is 14.3. The number of phenols is 2. The number of rotatable bonds is 16. The van der Waals surface area contributed by atoms with E-state index in [9.17, 15) is 19.8 Å². The highest BCUT2D eigenvalue weighted by atomic mass is 16.5. The zero-order chi connectivity index (χ0) is 35.6. The number of aromatic hydroxyl groups is 2. The van der Waals surface area contributed by atoms with Crippen LogP contribution in [0.15, 0.2) is 60.7 Å². The second kappa shape index (κ2) is 17.4. The van der Waals surface area contributed by atoms with Crippen molar-refractivity contribution in [1.82, 2.24) is 15.5 Å². The van der Waals surface area contributed by atoms with Gasteiger partial charge in [-0.25, -0.2) is 0 Å². The van der Waals surface area contributed by atoms with E-state index in [0.29, 0.717) is 75.2 Å². The minimum atomic E-state index is -0.282. The number of hydrogen-bond donors (Lipinski definition) is 5. The predicted molar refractivity (Wildman–Crippen MR) is 199 cm³/mol. The van der Waals surface area contributed by atoms with E-state index in [1.165, 1.54) is 18.4 Å². The monoisotopic (exact) mass is 698 g/mol. The third kappa shape index (κ3) is 8.86. The summed E-state index contributed by atoms with van der Waals surface area (Å²) >= 11 is 0. The molecule has 1 unspecified atom stereocenters. The molecule has 3 aliphatic rings. The Labute approximate surface area is 301 Å². The summed E-state index contributed by atoms with van der Waals surface area (Å²) in [6.45, 7) is 6.75. The van der Waals surface area contributed by atoms with Crippen LogP contribution in [0.3, 0.4) is 0 Å². The fourth-order valence-corrected chi connectivity index (χ4v) is 8.25. The molecule has 10 nitrogen and oxygen atoms in total. The summed E-state index contributed by atoms with van der Waals surface area (Å²) in [6.07, 6.45) is 8.32.